The van der Waals surface area contributed by atoms with Crippen LogP contribution in [-0.2, 0) is 11.3 Å². The molecule has 0 saturated carbocycles. The highest BCUT2D eigenvalue weighted by molar-refractivity contribution is 5.96. The number of likely N-dealkylation sites (N-methyl/N-ethyl adjacent to an activating group) is 1. The summed E-state index contributed by atoms with van der Waals surface area (Å²) in [6.45, 7) is 4.58. The van der Waals surface area contributed by atoms with Crippen molar-refractivity contribution in [1.82, 2.24) is 9.55 Å². The molecule has 0 atom stereocenters. The van der Waals surface area contributed by atoms with Crippen LogP contribution in [0.15, 0.2) is 39.9 Å². The van der Waals surface area contributed by atoms with E-state index in [9.17, 15) is 14.4 Å². The molecule has 2 aromatic rings. The molecule has 1 aliphatic heterocycles. The first-order chi connectivity index (χ1) is 14.0. The smallest absolute Gasteiger partial charge is 0.330 e. The van der Waals surface area contributed by atoms with E-state index < -0.39 is 11.2 Å². The highest BCUT2D eigenvalue weighted by Crippen LogP contribution is 2.17. The normalized spacial score (nSPS) is 15.1. The number of aromatic nitrogens is 2. The summed E-state index contributed by atoms with van der Waals surface area (Å²) in [7, 11) is 0. The quantitative estimate of drug-likeness (QED) is 0.634. The Bertz CT molecular complexity index is 943. The highest BCUT2D eigenvalue weighted by Gasteiger charge is 2.26. The molecule has 156 valence electrons. The molecular formula is C21H30N5O3+. The number of H-pyrrole nitrogens is 1. The van der Waals surface area contributed by atoms with Crippen molar-refractivity contribution in [3.63, 3.8) is 0 Å². The molecule has 0 radical (unpaired) electrons. The van der Waals surface area contributed by atoms with Crippen LogP contribution >= 0.6 is 0 Å². The van der Waals surface area contributed by atoms with Crippen LogP contribution in [0.4, 0.5) is 11.5 Å². The number of anilines is 2. The number of carbonyl (C=O) groups is 1. The summed E-state index contributed by atoms with van der Waals surface area (Å²) < 4.78 is 1.31. The van der Waals surface area contributed by atoms with Crippen molar-refractivity contribution >= 4 is 17.4 Å². The molecule has 8 nitrogen and oxygen atoms in total. The number of nitrogens with two attached hydrogens (primary N) is 1. The number of hydrogen-bond donors (Lipinski definition) is 3. The minimum atomic E-state index is -0.627. The van der Waals surface area contributed by atoms with Gasteiger partial charge in [-0.3, -0.25) is 24.0 Å². The Hall–Kier alpha value is -2.87. The minimum Gasteiger partial charge on any atom is -0.383 e. The van der Waals surface area contributed by atoms with Gasteiger partial charge in [0.15, 0.2) is 12.2 Å². The van der Waals surface area contributed by atoms with Crippen molar-refractivity contribution in [3.8, 4) is 0 Å². The monoisotopic (exact) mass is 400 g/mol. The molecule has 0 unspecified atom stereocenters. The molecule has 2 heterocycles. The maximum Gasteiger partial charge on any atom is 0.330 e. The second-order valence-electron chi connectivity index (χ2n) is 7.54. The third-order valence-electron chi connectivity index (χ3n) is 5.50. The van der Waals surface area contributed by atoms with Crippen molar-refractivity contribution in [3.05, 3.63) is 56.7 Å². The number of likely N-dealkylation sites (tertiary alicyclic amines) is 1. The zero-order valence-corrected chi connectivity index (χ0v) is 16.9. The van der Waals surface area contributed by atoms with Crippen LogP contribution in [0.5, 0.6) is 0 Å². The van der Waals surface area contributed by atoms with Crippen molar-refractivity contribution in [2.45, 2.75) is 39.2 Å². The topological polar surface area (TPSA) is 106 Å². The lowest BCUT2D eigenvalue weighted by atomic mass is 10.2. The largest absolute Gasteiger partial charge is 0.383 e. The number of rotatable bonds is 6. The first-order valence-corrected chi connectivity index (χ1v) is 10.3. The summed E-state index contributed by atoms with van der Waals surface area (Å²) in [6.07, 6.45) is 4.62. The van der Waals surface area contributed by atoms with Crippen LogP contribution in [0.3, 0.4) is 0 Å². The van der Waals surface area contributed by atoms with Gasteiger partial charge in [-0.2, -0.15) is 0 Å². The number of aromatic amines is 1. The first-order valence-electron chi connectivity index (χ1n) is 10.3. The van der Waals surface area contributed by atoms with Gasteiger partial charge in [-0.1, -0.05) is 30.3 Å². The molecule has 0 spiro atoms. The van der Waals surface area contributed by atoms with Gasteiger partial charge in [0.05, 0.1) is 19.6 Å². The Balaban J connectivity index is 1.90. The van der Waals surface area contributed by atoms with E-state index in [0.717, 1.165) is 31.5 Å². The molecule has 1 aromatic carbocycles. The number of quaternary nitrogens is 1. The number of benzene rings is 1. The Morgan fingerprint density at radius 3 is 2.41 bits per heavy atom. The van der Waals surface area contributed by atoms with Crippen LogP contribution in [-0.4, -0.2) is 41.6 Å². The third kappa shape index (κ3) is 4.95. The number of amides is 1. The van der Waals surface area contributed by atoms with E-state index in [4.69, 9.17) is 5.73 Å². The molecule has 0 bridgehead atoms. The van der Waals surface area contributed by atoms with Gasteiger partial charge in [0, 0.05) is 6.54 Å². The van der Waals surface area contributed by atoms with Crippen molar-refractivity contribution in [1.29, 1.82) is 0 Å². The summed E-state index contributed by atoms with van der Waals surface area (Å²) in [4.78, 5) is 42.9. The van der Waals surface area contributed by atoms with Gasteiger partial charge < -0.3 is 10.6 Å². The van der Waals surface area contributed by atoms with Crippen LogP contribution in [0.25, 0.3) is 0 Å². The fourth-order valence-electron chi connectivity index (χ4n) is 3.93. The van der Waals surface area contributed by atoms with E-state index in [0.29, 0.717) is 13.1 Å². The Kier molecular flexibility index (Phi) is 6.87. The zero-order chi connectivity index (χ0) is 20.8. The second-order valence-corrected chi connectivity index (χ2v) is 7.54. The number of nitrogen functional groups attached to an aromatic ring is 1. The molecule has 1 saturated heterocycles. The third-order valence-corrected chi connectivity index (χ3v) is 5.50. The molecule has 1 aromatic heterocycles. The van der Waals surface area contributed by atoms with Crippen molar-refractivity contribution < 1.29 is 9.69 Å². The van der Waals surface area contributed by atoms with Crippen LogP contribution in [0.1, 0.15) is 38.2 Å². The van der Waals surface area contributed by atoms with Gasteiger partial charge >= 0.3 is 5.69 Å². The molecule has 3 rings (SSSR count). The van der Waals surface area contributed by atoms with Gasteiger partial charge in [0.2, 0.25) is 0 Å². The molecule has 1 amide bonds. The van der Waals surface area contributed by atoms with E-state index in [2.05, 4.69) is 4.98 Å². The molecule has 29 heavy (non-hydrogen) atoms. The maximum absolute atomic E-state index is 13.0. The lowest BCUT2D eigenvalue weighted by Gasteiger charge is -2.25. The molecule has 1 fully saturated rings. The number of carbonyl (C=O) groups excluding carboxylic acids is 1. The minimum absolute atomic E-state index is 0.0173. The number of hydrogen-bond acceptors (Lipinski definition) is 4. The highest BCUT2D eigenvalue weighted by atomic mass is 16.2. The van der Waals surface area contributed by atoms with Crippen LogP contribution in [0, 0.1) is 0 Å². The van der Waals surface area contributed by atoms with E-state index in [-0.39, 0.29) is 24.0 Å². The van der Waals surface area contributed by atoms with E-state index in [1.54, 1.807) is 6.92 Å². The van der Waals surface area contributed by atoms with E-state index in [1.807, 2.05) is 30.3 Å². The standard InChI is InChI=1S/C21H29N5O3/c1-2-25(17(27)15-24-12-8-3-4-9-13-24)18-19(22)26(21(29)23-20(18)28)14-16-10-6-5-7-11-16/h5-7,10-11H,2-4,8-9,12-15,22H2,1H3,(H,23,28,29)/p+1. The summed E-state index contributed by atoms with van der Waals surface area (Å²) in [6, 6.07) is 9.38. The molecule has 4 N–H and O–H groups in total. The zero-order valence-electron chi connectivity index (χ0n) is 16.9. The van der Waals surface area contributed by atoms with Gasteiger partial charge in [-0.15, -0.1) is 0 Å². The average molecular weight is 401 g/mol. The lowest BCUT2D eigenvalue weighted by Crippen LogP contribution is -3.13. The number of nitrogens with one attached hydrogen (secondary N) is 2. The maximum atomic E-state index is 13.0. The van der Waals surface area contributed by atoms with Gasteiger partial charge in [0.1, 0.15) is 5.82 Å². The Morgan fingerprint density at radius 2 is 1.79 bits per heavy atom. The predicted molar refractivity (Wildman–Crippen MR) is 113 cm³/mol. The summed E-state index contributed by atoms with van der Waals surface area (Å²) in [5.41, 5.74) is 5.97. The molecular weight excluding hydrogens is 370 g/mol. The Morgan fingerprint density at radius 1 is 1.14 bits per heavy atom. The number of nitrogens with zero attached hydrogens (tertiary/aromatic N) is 2. The predicted octanol–water partition coefficient (Wildman–Crippen LogP) is -0.0211. The van der Waals surface area contributed by atoms with Crippen LogP contribution < -0.4 is 26.8 Å². The van der Waals surface area contributed by atoms with Crippen LogP contribution in [0.2, 0.25) is 0 Å². The van der Waals surface area contributed by atoms with E-state index >= 15 is 0 Å². The summed E-state index contributed by atoms with van der Waals surface area (Å²) in [5, 5.41) is 0. The molecule has 1 aliphatic rings. The second kappa shape index (κ2) is 9.56. The average Bonchev–Trinajstić information content (AvgIpc) is 2.97. The van der Waals surface area contributed by atoms with Gasteiger partial charge in [-0.05, 0) is 38.2 Å². The van der Waals surface area contributed by atoms with Gasteiger partial charge in [0.25, 0.3) is 11.5 Å². The van der Waals surface area contributed by atoms with E-state index in [1.165, 1.54) is 27.2 Å². The summed E-state index contributed by atoms with van der Waals surface area (Å²) >= 11 is 0. The van der Waals surface area contributed by atoms with Gasteiger partial charge in [-0.25, -0.2) is 4.79 Å². The first kappa shape index (κ1) is 20.9. The molecule has 8 heteroatoms. The fourth-order valence-corrected chi connectivity index (χ4v) is 3.93. The summed E-state index contributed by atoms with van der Waals surface area (Å²) in [5.74, 6) is -0.129. The van der Waals surface area contributed by atoms with Crippen molar-refractivity contribution in [2.24, 2.45) is 0 Å². The van der Waals surface area contributed by atoms with Crippen molar-refractivity contribution in [2.75, 3.05) is 36.8 Å². The fraction of sp³-hybridized carbons (Fsp3) is 0.476. The molecule has 0 aliphatic carbocycles. The lowest BCUT2D eigenvalue weighted by molar-refractivity contribution is -0.891. The SMILES string of the molecule is CCN(C(=O)C[NH+]1CCCCCC1)c1c(N)n(Cc2ccccc2)c(=O)[nH]c1=O. The Labute approximate surface area is 169 Å².